The number of para-hydroxylation sites is 1. The van der Waals surface area contributed by atoms with Crippen molar-refractivity contribution < 1.29 is 31.8 Å². The molecule has 0 spiro atoms. The number of carbonyl (C=O) groups is 1. The van der Waals surface area contributed by atoms with Crippen LogP contribution in [0.2, 0.25) is 0 Å². The molecule has 0 N–H and O–H groups in total. The van der Waals surface area contributed by atoms with Crippen LogP contribution in [0.1, 0.15) is 30.9 Å². The van der Waals surface area contributed by atoms with E-state index in [1.165, 1.54) is 23.5 Å². The molecular weight excluding hydrogens is 588 g/mol. The van der Waals surface area contributed by atoms with Gasteiger partial charge in [0.05, 0.1) is 17.7 Å². The van der Waals surface area contributed by atoms with Crippen LogP contribution in [0.15, 0.2) is 76.9 Å². The second kappa shape index (κ2) is 12.3. The number of aryl methyl sites for hydroxylation is 1. The number of anilines is 1. The Bertz CT molecular complexity index is 1700. The van der Waals surface area contributed by atoms with Gasteiger partial charge in [-0.2, -0.15) is 10.1 Å². The summed E-state index contributed by atoms with van der Waals surface area (Å²) in [4.78, 5) is 18.5. The zero-order chi connectivity index (χ0) is 30.7. The van der Waals surface area contributed by atoms with Gasteiger partial charge in [0.15, 0.2) is 22.6 Å². The summed E-state index contributed by atoms with van der Waals surface area (Å²) < 4.78 is 61.9. The predicted octanol–water partition coefficient (Wildman–Crippen LogP) is 6.91. The van der Waals surface area contributed by atoms with Crippen molar-refractivity contribution in [2.75, 3.05) is 10.7 Å². The summed E-state index contributed by atoms with van der Waals surface area (Å²) in [6, 6.07) is 17.2. The number of rotatable bonds is 8. The predicted molar refractivity (Wildman–Crippen MR) is 155 cm³/mol. The van der Waals surface area contributed by atoms with Crippen molar-refractivity contribution in [2.45, 2.75) is 26.1 Å². The average Bonchev–Trinajstić information content (AvgIpc) is 3.51. The van der Waals surface area contributed by atoms with Crippen LogP contribution in [0.25, 0.3) is 11.4 Å². The lowest BCUT2D eigenvalue weighted by Crippen LogP contribution is -2.30. The van der Waals surface area contributed by atoms with Crippen LogP contribution in [0, 0.1) is 5.82 Å². The van der Waals surface area contributed by atoms with E-state index in [0.29, 0.717) is 16.8 Å². The number of carbonyl (C=O) groups excluding carboxylic acids is 1. The van der Waals surface area contributed by atoms with Gasteiger partial charge in [-0.3, -0.25) is 9.69 Å². The second-order valence-electron chi connectivity index (χ2n) is 9.56. The third-order valence-corrected chi connectivity index (χ3v) is 7.06. The van der Waals surface area contributed by atoms with E-state index in [-0.39, 0.29) is 35.2 Å². The lowest BCUT2D eigenvalue weighted by atomic mass is 10.0. The lowest BCUT2D eigenvalue weighted by Gasteiger charge is -2.20. The molecule has 4 aromatic rings. The molecule has 222 valence electrons. The molecule has 0 unspecified atom stereocenters. The second-order valence-corrected chi connectivity index (χ2v) is 10.5. The normalized spacial score (nSPS) is 14.8. The number of amidine groups is 1. The number of amides is 1. The van der Waals surface area contributed by atoms with Crippen molar-refractivity contribution in [3.63, 3.8) is 0 Å². The van der Waals surface area contributed by atoms with Crippen LogP contribution in [0.5, 0.6) is 17.5 Å². The van der Waals surface area contributed by atoms with Crippen LogP contribution in [0.3, 0.4) is 0 Å². The van der Waals surface area contributed by atoms with Gasteiger partial charge in [-0.05, 0) is 35.2 Å². The first-order chi connectivity index (χ1) is 20.5. The first-order valence-electron chi connectivity index (χ1n) is 12.9. The largest absolute Gasteiger partial charge is 0.573 e. The maximum absolute atomic E-state index is 14.3. The Morgan fingerprint density at radius 3 is 2.51 bits per heavy atom. The molecule has 9 nitrogen and oxygen atoms in total. The van der Waals surface area contributed by atoms with Crippen LogP contribution >= 0.6 is 11.8 Å². The van der Waals surface area contributed by atoms with E-state index >= 15 is 0 Å². The third-order valence-electron chi connectivity index (χ3n) is 6.15. The van der Waals surface area contributed by atoms with Crippen molar-refractivity contribution in [1.82, 2.24) is 14.8 Å². The number of hydrogen-bond acceptors (Lipinski definition) is 8. The van der Waals surface area contributed by atoms with E-state index in [4.69, 9.17) is 4.74 Å². The maximum atomic E-state index is 14.3. The van der Waals surface area contributed by atoms with E-state index in [9.17, 15) is 22.4 Å². The molecule has 0 radical (unpaired) electrons. The van der Waals surface area contributed by atoms with Gasteiger partial charge >= 0.3 is 12.4 Å². The Hall–Kier alpha value is -4.72. The number of halogens is 4. The zero-order valence-electron chi connectivity index (χ0n) is 23.0. The van der Waals surface area contributed by atoms with Crippen molar-refractivity contribution in [2.24, 2.45) is 17.3 Å². The number of alkyl halides is 3. The van der Waals surface area contributed by atoms with Crippen molar-refractivity contribution in [1.29, 1.82) is 0 Å². The highest BCUT2D eigenvalue weighted by Crippen LogP contribution is 2.33. The van der Waals surface area contributed by atoms with Crippen LogP contribution < -0.4 is 14.4 Å². The van der Waals surface area contributed by atoms with E-state index in [2.05, 4.69) is 38.9 Å². The zero-order valence-corrected chi connectivity index (χ0v) is 23.9. The molecule has 1 saturated heterocycles. The third kappa shape index (κ3) is 7.02. The number of nitrogens with zero attached hydrogens (tertiary/aromatic N) is 6. The highest BCUT2D eigenvalue weighted by molar-refractivity contribution is 8.15. The van der Waals surface area contributed by atoms with Crippen molar-refractivity contribution >= 4 is 34.7 Å². The summed E-state index contributed by atoms with van der Waals surface area (Å²) in [5.74, 6) is -1.40. The summed E-state index contributed by atoms with van der Waals surface area (Å²) >= 11 is 1.32. The minimum absolute atomic E-state index is 0.0576. The molecule has 1 aliphatic rings. The monoisotopic (exact) mass is 612 g/mol. The molecule has 14 heteroatoms. The number of thioether (sulfide) groups is 1. The molecule has 3 aromatic carbocycles. The molecule has 0 saturated carbocycles. The molecule has 0 atom stereocenters. The van der Waals surface area contributed by atoms with Gasteiger partial charge in [0.25, 0.3) is 0 Å². The van der Waals surface area contributed by atoms with Gasteiger partial charge in [-0.25, -0.2) is 9.07 Å². The molecular formula is C29H24F4N6O3S. The molecule has 1 fully saturated rings. The smallest absolute Gasteiger partial charge is 0.421 e. The fourth-order valence-electron chi connectivity index (χ4n) is 4.16. The number of hydrogen-bond donors (Lipinski definition) is 0. The molecule has 0 bridgehead atoms. The number of aromatic nitrogens is 3. The fourth-order valence-corrected chi connectivity index (χ4v) is 4.97. The van der Waals surface area contributed by atoms with Crippen molar-refractivity contribution in [3.8, 4) is 28.9 Å². The Morgan fingerprint density at radius 1 is 1.07 bits per heavy atom. The Kier molecular flexibility index (Phi) is 8.48. The quantitative estimate of drug-likeness (QED) is 0.122. The number of benzene rings is 3. The van der Waals surface area contributed by atoms with Gasteiger partial charge < -0.3 is 9.47 Å². The van der Waals surface area contributed by atoms with E-state index in [1.54, 1.807) is 35.4 Å². The van der Waals surface area contributed by atoms with Crippen LogP contribution in [-0.2, 0) is 11.8 Å². The Labute approximate surface area is 247 Å². The Balaban J connectivity index is 1.28. The molecule has 1 aliphatic heterocycles. The van der Waals surface area contributed by atoms with Crippen LogP contribution in [-0.4, -0.2) is 44.2 Å². The first kappa shape index (κ1) is 29.8. The maximum Gasteiger partial charge on any atom is 0.573 e. The fraction of sp³-hybridized carbons (Fsp3) is 0.207. The lowest BCUT2D eigenvalue weighted by molar-refractivity contribution is -0.274. The highest BCUT2D eigenvalue weighted by Gasteiger charge is 2.32. The molecule has 2 heterocycles. The summed E-state index contributed by atoms with van der Waals surface area (Å²) in [5, 5.41) is 13.3. The molecule has 43 heavy (non-hydrogen) atoms. The van der Waals surface area contributed by atoms with Crippen molar-refractivity contribution in [3.05, 3.63) is 83.7 Å². The van der Waals surface area contributed by atoms with Crippen LogP contribution in [0.4, 0.5) is 23.2 Å². The average molecular weight is 613 g/mol. The molecule has 1 aromatic heterocycles. The topological polar surface area (TPSA) is 94.2 Å². The standard InChI is InChI=1S/C29H24F4N6O3S/c1-17(2)21-6-4-5-7-23(21)39-25(40)16-43-28(39)36-34-15-18-8-10-19(11-9-18)26-35-27(38(3)37-26)41-24-13-12-20(14-22(24)30)42-29(31,32)33/h4-15,17H,16H2,1-3H3. The molecule has 1 amide bonds. The number of ether oxygens (including phenoxy) is 2. The molecule has 0 aliphatic carbocycles. The molecule has 5 rings (SSSR count). The minimum atomic E-state index is -4.95. The van der Waals surface area contributed by atoms with E-state index in [1.807, 2.05) is 24.3 Å². The summed E-state index contributed by atoms with van der Waals surface area (Å²) in [6.07, 6.45) is -3.39. The first-order valence-corrected chi connectivity index (χ1v) is 13.9. The summed E-state index contributed by atoms with van der Waals surface area (Å²) in [6.45, 7) is 4.14. The van der Waals surface area contributed by atoms with Gasteiger partial charge in [0.2, 0.25) is 5.91 Å². The SMILES string of the molecule is CC(C)c1ccccc1N1C(=O)CSC1=NN=Cc1ccc(-c2nc(Oc3ccc(OC(F)(F)F)cc3F)n(C)n2)cc1. The van der Waals surface area contributed by atoms with E-state index < -0.39 is 17.9 Å². The summed E-state index contributed by atoms with van der Waals surface area (Å²) in [7, 11) is 1.53. The van der Waals surface area contributed by atoms with Gasteiger partial charge in [-0.15, -0.1) is 23.4 Å². The minimum Gasteiger partial charge on any atom is -0.421 e. The summed E-state index contributed by atoms with van der Waals surface area (Å²) in [5.41, 5.74) is 3.19. The Morgan fingerprint density at radius 2 is 1.81 bits per heavy atom. The van der Waals surface area contributed by atoms with Gasteiger partial charge in [0, 0.05) is 18.7 Å². The van der Waals surface area contributed by atoms with Gasteiger partial charge in [0.1, 0.15) is 5.75 Å². The highest BCUT2D eigenvalue weighted by atomic mass is 32.2. The van der Waals surface area contributed by atoms with Gasteiger partial charge in [-0.1, -0.05) is 68.1 Å². The van der Waals surface area contributed by atoms with E-state index in [0.717, 1.165) is 28.9 Å².